The average Bonchev–Trinajstić information content (AvgIpc) is 3.24. The molecule has 0 radical (unpaired) electrons. The standard InChI is InChI=1S/C22H36P2/c1-5-17-13-14-18(6-2)23(17)21-11-9-10-12-22(21)24-19(7-3)15-16-20(24)8-4/h9-12,17-20H,5-8,13-16H2,1-4H3/t17-,18-,19-,20-/m0/s1. The molecule has 0 amide bonds. The van der Waals surface area contributed by atoms with E-state index in [0.717, 1.165) is 22.6 Å². The van der Waals surface area contributed by atoms with Crippen molar-refractivity contribution < 1.29 is 0 Å². The van der Waals surface area contributed by atoms with E-state index >= 15 is 0 Å². The maximum absolute atomic E-state index is 2.55. The van der Waals surface area contributed by atoms with Gasteiger partial charge in [0, 0.05) is 0 Å². The first kappa shape index (κ1) is 18.9. The van der Waals surface area contributed by atoms with Crippen molar-refractivity contribution in [1.29, 1.82) is 0 Å². The van der Waals surface area contributed by atoms with Crippen LogP contribution in [0.1, 0.15) is 79.1 Å². The summed E-state index contributed by atoms with van der Waals surface area (Å²) in [6.07, 6.45) is 11.5. The van der Waals surface area contributed by atoms with Crippen LogP contribution in [0.3, 0.4) is 0 Å². The van der Waals surface area contributed by atoms with Crippen molar-refractivity contribution in [2.75, 3.05) is 0 Å². The quantitative estimate of drug-likeness (QED) is 0.500. The van der Waals surface area contributed by atoms with Gasteiger partial charge in [0.2, 0.25) is 0 Å². The van der Waals surface area contributed by atoms with Crippen LogP contribution in [0, 0.1) is 0 Å². The van der Waals surface area contributed by atoms with Crippen molar-refractivity contribution in [3.8, 4) is 0 Å². The van der Waals surface area contributed by atoms with Gasteiger partial charge < -0.3 is 0 Å². The zero-order valence-electron chi connectivity index (χ0n) is 16.2. The van der Waals surface area contributed by atoms with Crippen LogP contribution in [0.4, 0.5) is 0 Å². The van der Waals surface area contributed by atoms with Crippen molar-refractivity contribution in [1.82, 2.24) is 0 Å². The minimum atomic E-state index is 0.0639. The molecular formula is C22H36P2. The van der Waals surface area contributed by atoms with E-state index in [1.165, 1.54) is 51.4 Å². The van der Waals surface area contributed by atoms with Crippen LogP contribution in [0.2, 0.25) is 0 Å². The van der Waals surface area contributed by atoms with E-state index < -0.39 is 0 Å². The van der Waals surface area contributed by atoms with Gasteiger partial charge in [0.05, 0.1) is 0 Å². The first-order valence-corrected chi connectivity index (χ1v) is 13.4. The highest BCUT2D eigenvalue weighted by Crippen LogP contribution is 2.61. The van der Waals surface area contributed by atoms with E-state index in [-0.39, 0.29) is 15.8 Å². The van der Waals surface area contributed by atoms with Gasteiger partial charge in [-0.1, -0.05) is 67.8 Å². The van der Waals surface area contributed by atoms with Gasteiger partial charge in [-0.2, -0.15) is 0 Å². The van der Waals surface area contributed by atoms with E-state index in [0.29, 0.717) is 0 Å². The van der Waals surface area contributed by atoms with Crippen LogP contribution >= 0.6 is 15.8 Å². The molecule has 2 heteroatoms. The highest BCUT2D eigenvalue weighted by Gasteiger charge is 2.40. The SMILES string of the molecule is CC[C@H]1CC[C@H](CC)P1c1ccccc1P1[C@@H](CC)CC[C@@H]1CC. The number of rotatable bonds is 6. The highest BCUT2D eigenvalue weighted by molar-refractivity contribution is 7.73. The maximum Gasteiger partial charge on any atom is -0.0158 e. The molecule has 0 saturated carbocycles. The monoisotopic (exact) mass is 362 g/mol. The highest BCUT2D eigenvalue weighted by atomic mass is 31.1. The second kappa shape index (κ2) is 8.64. The second-order valence-corrected chi connectivity index (χ2v) is 13.2. The lowest BCUT2D eigenvalue weighted by Gasteiger charge is -2.32. The number of benzene rings is 1. The summed E-state index contributed by atoms with van der Waals surface area (Å²) >= 11 is 0. The molecule has 24 heavy (non-hydrogen) atoms. The predicted octanol–water partition coefficient (Wildman–Crippen LogP) is 6.60. The summed E-state index contributed by atoms with van der Waals surface area (Å²) in [6.45, 7) is 9.74. The fourth-order valence-corrected chi connectivity index (χ4v) is 13.1. The molecule has 0 aliphatic carbocycles. The van der Waals surface area contributed by atoms with Gasteiger partial charge >= 0.3 is 0 Å². The van der Waals surface area contributed by atoms with Crippen molar-refractivity contribution in [3.05, 3.63) is 24.3 Å². The molecule has 3 rings (SSSR count). The molecule has 1 aromatic carbocycles. The third kappa shape index (κ3) is 3.48. The van der Waals surface area contributed by atoms with Gasteiger partial charge in [0.15, 0.2) is 0 Å². The molecular weight excluding hydrogens is 326 g/mol. The summed E-state index contributed by atoms with van der Waals surface area (Å²) in [5.74, 6) is 0. The molecule has 2 aliphatic rings. The molecule has 2 fully saturated rings. The smallest absolute Gasteiger partial charge is 0.0158 e. The molecule has 0 aromatic heterocycles. The summed E-state index contributed by atoms with van der Waals surface area (Å²) in [6, 6.07) is 9.79. The molecule has 2 heterocycles. The predicted molar refractivity (Wildman–Crippen MR) is 114 cm³/mol. The van der Waals surface area contributed by atoms with Crippen LogP contribution < -0.4 is 10.6 Å². The topological polar surface area (TPSA) is 0 Å². The van der Waals surface area contributed by atoms with Crippen molar-refractivity contribution in [2.24, 2.45) is 0 Å². The first-order chi connectivity index (χ1) is 11.7. The van der Waals surface area contributed by atoms with Crippen LogP contribution in [-0.4, -0.2) is 22.6 Å². The van der Waals surface area contributed by atoms with Gasteiger partial charge in [-0.05, 0) is 84.6 Å². The van der Waals surface area contributed by atoms with Crippen molar-refractivity contribution in [3.63, 3.8) is 0 Å². The fourth-order valence-electron chi connectivity index (χ4n) is 5.21. The van der Waals surface area contributed by atoms with Crippen LogP contribution in [-0.2, 0) is 0 Å². The Hall–Kier alpha value is 0.0800. The third-order valence-corrected chi connectivity index (χ3v) is 14.3. The summed E-state index contributed by atoms with van der Waals surface area (Å²) in [5, 5.41) is 3.68. The molecule has 0 spiro atoms. The van der Waals surface area contributed by atoms with E-state index in [1.807, 2.05) is 10.6 Å². The average molecular weight is 362 g/mol. The van der Waals surface area contributed by atoms with Crippen LogP contribution in [0.25, 0.3) is 0 Å². The van der Waals surface area contributed by atoms with E-state index in [4.69, 9.17) is 0 Å². The van der Waals surface area contributed by atoms with E-state index in [9.17, 15) is 0 Å². The van der Waals surface area contributed by atoms with Gasteiger partial charge in [-0.15, -0.1) is 0 Å². The summed E-state index contributed by atoms with van der Waals surface area (Å²) in [7, 11) is 0.128. The molecule has 134 valence electrons. The number of hydrogen-bond donors (Lipinski definition) is 0. The van der Waals surface area contributed by atoms with Crippen molar-refractivity contribution in [2.45, 2.75) is 102 Å². The molecule has 0 N–H and O–H groups in total. The number of hydrogen-bond acceptors (Lipinski definition) is 0. The minimum absolute atomic E-state index is 0.0639. The molecule has 0 bridgehead atoms. The van der Waals surface area contributed by atoms with E-state index in [2.05, 4.69) is 52.0 Å². The Morgan fingerprint density at radius 2 is 0.917 bits per heavy atom. The summed E-state index contributed by atoms with van der Waals surface area (Å²) in [5.41, 5.74) is 3.96. The van der Waals surface area contributed by atoms with Crippen molar-refractivity contribution >= 4 is 26.5 Å². The second-order valence-electron chi connectivity index (χ2n) is 7.71. The molecule has 2 aliphatic heterocycles. The van der Waals surface area contributed by atoms with Gasteiger partial charge in [-0.25, -0.2) is 0 Å². The van der Waals surface area contributed by atoms with Gasteiger partial charge in [0.25, 0.3) is 0 Å². The normalized spacial score (nSPS) is 31.8. The van der Waals surface area contributed by atoms with Crippen LogP contribution in [0.5, 0.6) is 0 Å². The summed E-state index contributed by atoms with van der Waals surface area (Å²) in [4.78, 5) is 0. The lowest BCUT2D eigenvalue weighted by Crippen LogP contribution is -2.30. The molecule has 1 aromatic rings. The molecule has 0 nitrogen and oxygen atoms in total. The fraction of sp³-hybridized carbons (Fsp3) is 0.727. The molecule has 0 unspecified atom stereocenters. The minimum Gasteiger partial charge on any atom is -0.0683 e. The Bertz CT molecular complexity index is 455. The molecule has 4 atom stereocenters. The zero-order chi connectivity index (χ0) is 17.1. The lowest BCUT2D eigenvalue weighted by atomic mass is 10.1. The Labute approximate surface area is 152 Å². The van der Waals surface area contributed by atoms with Gasteiger partial charge in [0.1, 0.15) is 0 Å². The maximum atomic E-state index is 2.55. The zero-order valence-corrected chi connectivity index (χ0v) is 18.0. The van der Waals surface area contributed by atoms with Crippen LogP contribution in [0.15, 0.2) is 24.3 Å². The Morgan fingerprint density at radius 3 is 1.17 bits per heavy atom. The Balaban J connectivity index is 2.01. The lowest BCUT2D eigenvalue weighted by molar-refractivity contribution is 0.696. The van der Waals surface area contributed by atoms with Gasteiger partial charge in [-0.3, -0.25) is 0 Å². The Kier molecular flexibility index (Phi) is 6.79. The molecule has 2 saturated heterocycles. The first-order valence-electron chi connectivity index (χ1n) is 10.4. The largest absolute Gasteiger partial charge is 0.0683 e. The summed E-state index contributed by atoms with van der Waals surface area (Å²) < 4.78 is 0. The third-order valence-electron chi connectivity index (χ3n) is 6.56. The van der Waals surface area contributed by atoms with E-state index in [1.54, 1.807) is 0 Å². The Morgan fingerprint density at radius 1 is 0.625 bits per heavy atom.